The summed E-state index contributed by atoms with van der Waals surface area (Å²) in [6.45, 7) is 1.98. The van der Waals surface area contributed by atoms with Gasteiger partial charge in [0.1, 0.15) is 0 Å². The lowest BCUT2D eigenvalue weighted by Crippen LogP contribution is -2.22. The zero-order chi connectivity index (χ0) is 23.9. The molecule has 0 aliphatic rings. The average molecular weight is 486 g/mol. The van der Waals surface area contributed by atoms with E-state index in [9.17, 15) is 21.6 Å². The number of carbonyl (C=O) groups is 1. The van der Waals surface area contributed by atoms with Gasteiger partial charge in [-0.2, -0.15) is 0 Å². The van der Waals surface area contributed by atoms with Crippen LogP contribution in [0.15, 0.2) is 94.7 Å². The topological polar surface area (TPSA) is 121 Å². The van der Waals surface area contributed by atoms with Crippen LogP contribution in [0.3, 0.4) is 0 Å². The highest BCUT2D eigenvalue weighted by atomic mass is 32.2. The molecule has 0 saturated heterocycles. The Morgan fingerprint density at radius 2 is 1.33 bits per heavy atom. The molecule has 33 heavy (non-hydrogen) atoms. The van der Waals surface area contributed by atoms with Crippen LogP contribution in [0.4, 0.5) is 11.4 Å². The van der Waals surface area contributed by atoms with Crippen molar-refractivity contribution >= 4 is 43.4 Å². The third-order valence-electron chi connectivity index (χ3n) is 4.43. The predicted molar refractivity (Wildman–Crippen MR) is 129 cm³/mol. The fourth-order valence-electron chi connectivity index (χ4n) is 2.86. The van der Waals surface area contributed by atoms with Gasteiger partial charge in [0.25, 0.3) is 10.0 Å². The van der Waals surface area contributed by atoms with Gasteiger partial charge in [-0.15, -0.1) is 0 Å². The molecule has 0 bridgehead atoms. The highest BCUT2D eigenvalue weighted by molar-refractivity contribution is 7.92. The summed E-state index contributed by atoms with van der Waals surface area (Å²) in [7, 11) is -7.37. The van der Waals surface area contributed by atoms with Crippen molar-refractivity contribution in [3.8, 4) is 0 Å². The van der Waals surface area contributed by atoms with E-state index in [2.05, 4.69) is 14.8 Å². The number of hydrogen-bond acceptors (Lipinski definition) is 5. The quantitative estimate of drug-likeness (QED) is 0.401. The van der Waals surface area contributed by atoms with E-state index < -0.39 is 26.0 Å². The molecule has 0 aliphatic carbocycles. The Kier molecular flexibility index (Phi) is 7.64. The molecule has 0 spiro atoms. The van der Waals surface area contributed by atoms with Gasteiger partial charge in [-0.3, -0.25) is 9.52 Å². The number of nitrogens with one attached hydrogen (secondary N) is 3. The van der Waals surface area contributed by atoms with E-state index in [1.807, 2.05) is 0 Å². The molecule has 0 aliphatic heterocycles. The summed E-state index contributed by atoms with van der Waals surface area (Å²) >= 11 is 0. The molecule has 8 nitrogen and oxygen atoms in total. The minimum absolute atomic E-state index is 0.102. The van der Waals surface area contributed by atoms with Crippen LogP contribution >= 0.6 is 0 Å². The summed E-state index contributed by atoms with van der Waals surface area (Å²) in [5.74, 6) is -0.481. The van der Waals surface area contributed by atoms with Crippen LogP contribution in [0, 0.1) is 0 Å². The minimum Gasteiger partial charge on any atom is -0.321 e. The first-order valence-corrected chi connectivity index (χ1v) is 12.9. The predicted octanol–water partition coefficient (Wildman–Crippen LogP) is 3.44. The molecule has 0 heterocycles. The number of carbonyl (C=O) groups excluding carboxylic acids is 1. The standard InChI is InChI=1S/C23H23N3O5S2/c1-2-24-32(28,29)20-15-12-18(13-16-20)14-17-23(27)25-21-10-6-7-11-22(21)26-33(30,31)19-8-4-3-5-9-19/h3-17,24,26H,2H2,1H3,(H,25,27)/b17-14+. The zero-order valence-corrected chi connectivity index (χ0v) is 19.4. The third kappa shape index (κ3) is 6.51. The molecule has 1 amide bonds. The Balaban J connectivity index is 1.71. The zero-order valence-electron chi connectivity index (χ0n) is 17.7. The maximum atomic E-state index is 12.6. The second kappa shape index (κ2) is 10.4. The van der Waals surface area contributed by atoms with E-state index in [0.29, 0.717) is 11.3 Å². The Bertz CT molecular complexity index is 1350. The molecule has 3 aromatic rings. The molecule has 0 fully saturated rings. The van der Waals surface area contributed by atoms with Crippen molar-refractivity contribution in [1.82, 2.24) is 4.72 Å². The Morgan fingerprint density at radius 1 is 0.758 bits per heavy atom. The lowest BCUT2D eigenvalue weighted by molar-refractivity contribution is -0.111. The van der Waals surface area contributed by atoms with Gasteiger partial charge < -0.3 is 5.32 Å². The summed E-state index contributed by atoms with van der Waals surface area (Å²) in [6, 6.07) is 20.4. The summed E-state index contributed by atoms with van der Waals surface area (Å²) < 4.78 is 54.1. The first kappa shape index (κ1) is 24.2. The molecule has 0 atom stereocenters. The average Bonchev–Trinajstić information content (AvgIpc) is 2.80. The molecular formula is C23H23N3O5S2. The lowest BCUT2D eigenvalue weighted by Gasteiger charge is -2.12. The van der Waals surface area contributed by atoms with E-state index in [4.69, 9.17) is 0 Å². The molecule has 0 unspecified atom stereocenters. The van der Waals surface area contributed by atoms with Crippen molar-refractivity contribution in [3.05, 3.63) is 90.5 Å². The molecule has 172 valence electrons. The van der Waals surface area contributed by atoms with Crippen LogP contribution in [-0.4, -0.2) is 29.3 Å². The van der Waals surface area contributed by atoms with E-state index >= 15 is 0 Å². The first-order valence-electron chi connectivity index (χ1n) is 9.97. The first-order chi connectivity index (χ1) is 15.7. The highest BCUT2D eigenvalue weighted by Gasteiger charge is 2.16. The molecule has 0 radical (unpaired) electrons. The van der Waals surface area contributed by atoms with E-state index in [-0.39, 0.29) is 22.0 Å². The van der Waals surface area contributed by atoms with Crippen LogP contribution in [0.25, 0.3) is 6.08 Å². The number of benzene rings is 3. The summed E-state index contributed by atoms with van der Waals surface area (Å²) in [6.07, 6.45) is 2.80. The molecule has 10 heteroatoms. The number of rotatable bonds is 9. The van der Waals surface area contributed by atoms with Gasteiger partial charge in [0.2, 0.25) is 15.9 Å². The van der Waals surface area contributed by atoms with Gasteiger partial charge in [0.15, 0.2) is 0 Å². The van der Waals surface area contributed by atoms with Crippen LogP contribution in [-0.2, 0) is 24.8 Å². The molecule has 0 saturated carbocycles. The summed E-state index contributed by atoms with van der Waals surface area (Å²) in [5.41, 5.74) is 1.14. The van der Waals surface area contributed by atoms with Crippen LogP contribution in [0.5, 0.6) is 0 Å². The SMILES string of the molecule is CCNS(=O)(=O)c1ccc(/C=C/C(=O)Nc2ccccc2NS(=O)(=O)c2ccccc2)cc1. The number of hydrogen-bond donors (Lipinski definition) is 3. The van der Waals surface area contributed by atoms with Crippen molar-refractivity contribution in [3.63, 3.8) is 0 Å². The lowest BCUT2D eigenvalue weighted by atomic mass is 10.2. The van der Waals surface area contributed by atoms with Gasteiger partial charge in [0.05, 0.1) is 21.2 Å². The Labute approximate surface area is 193 Å². The van der Waals surface area contributed by atoms with E-state index in [0.717, 1.165) is 0 Å². The van der Waals surface area contributed by atoms with Crippen molar-refractivity contribution in [2.45, 2.75) is 16.7 Å². The third-order valence-corrected chi connectivity index (χ3v) is 7.38. The Hall–Kier alpha value is -3.47. The smallest absolute Gasteiger partial charge is 0.261 e. The number of amides is 1. The van der Waals surface area contributed by atoms with Gasteiger partial charge >= 0.3 is 0 Å². The molecule has 3 aromatic carbocycles. The second-order valence-corrected chi connectivity index (χ2v) is 10.3. The van der Waals surface area contributed by atoms with Gasteiger partial charge in [-0.05, 0) is 48.0 Å². The van der Waals surface area contributed by atoms with Crippen molar-refractivity contribution in [1.29, 1.82) is 0 Å². The number of anilines is 2. The molecular weight excluding hydrogens is 462 g/mol. The van der Waals surface area contributed by atoms with Crippen LogP contribution in [0.2, 0.25) is 0 Å². The fourth-order valence-corrected chi connectivity index (χ4v) is 5.00. The van der Waals surface area contributed by atoms with E-state index in [1.54, 1.807) is 61.5 Å². The van der Waals surface area contributed by atoms with E-state index in [1.165, 1.54) is 36.4 Å². The van der Waals surface area contributed by atoms with Crippen molar-refractivity contribution in [2.24, 2.45) is 0 Å². The van der Waals surface area contributed by atoms with Crippen LogP contribution in [0.1, 0.15) is 12.5 Å². The van der Waals surface area contributed by atoms with Gasteiger partial charge in [-0.25, -0.2) is 21.6 Å². The number of para-hydroxylation sites is 2. The molecule has 3 N–H and O–H groups in total. The maximum Gasteiger partial charge on any atom is 0.261 e. The number of sulfonamides is 2. The Morgan fingerprint density at radius 3 is 1.97 bits per heavy atom. The van der Waals surface area contributed by atoms with Crippen molar-refractivity contribution < 1.29 is 21.6 Å². The monoisotopic (exact) mass is 485 g/mol. The second-order valence-electron chi connectivity index (χ2n) is 6.86. The summed E-state index contributed by atoms with van der Waals surface area (Å²) in [5, 5.41) is 2.65. The maximum absolute atomic E-state index is 12.6. The highest BCUT2D eigenvalue weighted by Crippen LogP contribution is 2.24. The van der Waals surface area contributed by atoms with Crippen molar-refractivity contribution in [2.75, 3.05) is 16.6 Å². The normalized spacial score (nSPS) is 11.9. The fraction of sp³-hybridized carbons (Fsp3) is 0.0870. The molecule has 0 aromatic heterocycles. The summed E-state index contributed by atoms with van der Waals surface area (Å²) in [4.78, 5) is 12.6. The van der Waals surface area contributed by atoms with Gasteiger partial charge in [-0.1, -0.05) is 49.4 Å². The van der Waals surface area contributed by atoms with Gasteiger partial charge in [0, 0.05) is 12.6 Å². The van der Waals surface area contributed by atoms with Crippen LogP contribution < -0.4 is 14.8 Å². The largest absolute Gasteiger partial charge is 0.321 e. The molecule has 3 rings (SSSR count). The minimum atomic E-state index is -3.82.